The third-order valence-corrected chi connectivity index (χ3v) is 5.31. The minimum Gasteiger partial charge on any atom is -0.508 e. The number of ether oxygens (including phenoxy) is 2. The Kier molecular flexibility index (Phi) is 4.75. The maximum Gasteiger partial charge on any atom is 0.573 e. The predicted octanol–water partition coefficient (Wildman–Crippen LogP) is 5.17. The Morgan fingerprint density at radius 2 is 1.85 bits per heavy atom. The molecule has 0 aliphatic carbocycles. The van der Waals surface area contributed by atoms with Gasteiger partial charge in [-0.1, -0.05) is 12.1 Å². The molecule has 7 nitrogen and oxygen atoms in total. The van der Waals surface area contributed by atoms with Crippen LogP contribution in [0.3, 0.4) is 0 Å². The maximum atomic E-state index is 12.8. The van der Waals surface area contributed by atoms with Gasteiger partial charge in [0.1, 0.15) is 34.2 Å². The monoisotopic (exact) mass is 468 g/mol. The number of carbonyl (C=O) groups excluding carboxylic acids is 1. The number of carbonyl (C=O) groups is 1. The highest BCUT2D eigenvalue weighted by Gasteiger charge is 2.32. The third kappa shape index (κ3) is 3.68. The number of aromatic nitrogens is 2. The van der Waals surface area contributed by atoms with Gasteiger partial charge in [-0.05, 0) is 35.4 Å². The number of ketones is 1. The fourth-order valence-electron chi connectivity index (χ4n) is 3.94. The first-order valence-corrected chi connectivity index (χ1v) is 9.91. The van der Waals surface area contributed by atoms with Gasteiger partial charge in [0.05, 0.1) is 0 Å². The van der Waals surface area contributed by atoms with Crippen molar-refractivity contribution >= 4 is 22.9 Å². The van der Waals surface area contributed by atoms with Crippen molar-refractivity contribution in [3.05, 3.63) is 71.7 Å². The van der Waals surface area contributed by atoms with Gasteiger partial charge in [0, 0.05) is 42.5 Å². The van der Waals surface area contributed by atoms with Crippen molar-refractivity contribution in [3.8, 4) is 34.1 Å². The number of fused-ring (bicyclic) bond motifs is 2. The molecule has 1 aliphatic heterocycles. The van der Waals surface area contributed by atoms with E-state index in [-0.39, 0.29) is 28.6 Å². The number of allylic oxidation sites excluding steroid dienone is 1. The first-order chi connectivity index (χ1) is 16.1. The summed E-state index contributed by atoms with van der Waals surface area (Å²) in [6, 6.07) is 9.40. The van der Waals surface area contributed by atoms with Crippen molar-refractivity contribution in [1.29, 1.82) is 0 Å². The number of hydrogen-bond acceptors (Lipinski definition) is 6. The Hall–Kier alpha value is -4.47. The molecule has 2 aromatic heterocycles. The Balaban J connectivity index is 1.59. The van der Waals surface area contributed by atoms with Gasteiger partial charge in [-0.2, -0.15) is 0 Å². The molecule has 172 valence electrons. The second-order valence-electron chi connectivity index (χ2n) is 7.60. The van der Waals surface area contributed by atoms with Crippen LogP contribution < -0.4 is 9.47 Å². The van der Waals surface area contributed by atoms with Crippen LogP contribution in [0.5, 0.6) is 23.0 Å². The van der Waals surface area contributed by atoms with E-state index >= 15 is 0 Å². The second kappa shape index (κ2) is 7.55. The molecule has 34 heavy (non-hydrogen) atoms. The number of pyridine rings is 1. The van der Waals surface area contributed by atoms with Gasteiger partial charge in [-0.15, -0.1) is 13.2 Å². The highest BCUT2D eigenvalue weighted by atomic mass is 19.4. The smallest absolute Gasteiger partial charge is 0.508 e. The number of halogens is 3. The zero-order valence-corrected chi connectivity index (χ0v) is 17.4. The van der Waals surface area contributed by atoms with E-state index in [4.69, 9.17) is 4.74 Å². The van der Waals surface area contributed by atoms with Crippen LogP contribution in [-0.2, 0) is 7.05 Å². The van der Waals surface area contributed by atoms with E-state index in [1.807, 2.05) is 0 Å². The normalized spacial score (nSPS) is 14.5. The molecule has 0 amide bonds. The third-order valence-electron chi connectivity index (χ3n) is 5.31. The van der Waals surface area contributed by atoms with Crippen molar-refractivity contribution in [2.75, 3.05) is 0 Å². The van der Waals surface area contributed by atoms with Crippen LogP contribution in [-0.4, -0.2) is 31.9 Å². The molecule has 0 bridgehead atoms. The summed E-state index contributed by atoms with van der Waals surface area (Å²) in [5.74, 6) is -1.57. The van der Waals surface area contributed by atoms with Gasteiger partial charge >= 0.3 is 6.36 Å². The van der Waals surface area contributed by atoms with Crippen molar-refractivity contribution in [3.63, 3.8) is 0 Å². The molecule has 1 aliphatic rings. The molecule has 3 heterocycles. The number of hydrogen-bond donors (Lipinski definition) is 2. The molecule has 0 spiro atoms. The minimum atomic E-state index is -4.79. The number of Topliss-reactive ketones (excluding diaryl/α,β-unsaturated/α-hetero) is 1. The highest BCUT2D eigenvalue weighted by molar-refractivity contribution is 6.17. The fourth-order valence-corrected chi connectivity index (χ4v) is 3.94. The average molecular weight is 468 g/mol. The number of aromatic hydroxyl groups is 2. The number of benzene rings is 2. The number of nitrogens with zero attached hydrogens (tertiary/aromatic N) is 2. The summed E-state index contributed by atoms with van der Waals surface area (Å²) in [7, 11) is 1.76. The molecular weight excluding hydrogens is 453 g/mol. The molecule has 2 aromatic carbocycles. The van der Waals surface area contributed by atoms with Crippen LogP contribution in [0.15, 0.2) is 60.6 Å². The topological polar surface area (TPSA) is 93.8 Å². The fraction of sp³-hybridized carbons (Fsp3) is 0.0833. The van der Waals surface area contributed by atoms with Crippen molar-refractivity contribution < 1.29 is 37.7 Å². The lowest BCUT2D eigenvalue weighted by molar-refractivity contribution is -0.274. The van der Waals surface area contributed by atoms with Crippen LogP contribution in [0.2, 0.25) is 0 Å². The number of alkyl halides is 3. The molecule has 4 aromatic rings. The molecule has 0 fully saturated rings. The van der Waals surface area contributed by atoms with Gasteiger partial charge in [0.25, 0.3) is 0 Å². The average Bonchev–Trinajstić information content (AvgIpc) is 3.24. The van der Waals surface area contributed by atoms with Gasteiger partial charge in [-0.25, -0.2) is 4.98 Å². The largest absolute Gasteiger partial charge is 0.573 e. The molecule has 10 heteroatoms. The zero-order chi connectivity index (χ0) is 24.2. The lowest BCUT2D eigenvalue weighted by atomic mass is 10.0. The van der Waals surface area contributed by atoms with Crippen molar-refractivity contribution in [1.82, 2.24) is 9.55 Å². The quantitative estimate of drug-likeness (QED) is 0.403. The molecule has 5 rings (SSSR count). The van der Waals surface area contributed by atoms with Gasteiger partial charge < -0.3 is 24.3 Å². The lowest BCUT2D eigenvalue weighted by Crippen LogP contribution is -2.16. The van der Waals surface area contributed by atoms with Gasteiger partial charge in [-0.3, -0.25) is 4.79 Å². The Bertz CT molecular complexity index is 1490. The number of aryl methyl sites for hydroxylation is 1. The van der Waals surface area contributed by atoms with Crippen LogP contribution in [0.1, 0.15) is 15.9 Å². The summed E-state index contributed by atoms with van der Waals surface area (Å²) in [6.07, 6.45) is 0.00316. The first kappa shape index (κ1) is 21.4. The predicted molar refractivity (Wildman–Crippen MR) is 116 cm³/mol. The van der Waals surface area contributed by atoms with E-state index in [0.717, 1.165) is 6.07 Å². The standard InChI is InChI=1S/C24H15F3N2O5/c1-29-11-13(8-19-22(32)21-17(31)9-14(30)10-18(21)33-19)20-16(6-7-28-23(20)29)12-2-4-15(5-3-12)34-24(25,26)27/h2-11,30-31H,1H3/b19-8-. The first-order valence-electron chi connectivity index (χ1n) is 9.91. The maximum absolute atomic E-state index is 12.8. The highest BCUT2D eigenvalue weighted by Crippen LogP contribution is 2.41. The molecule has 2 N–H and O–H groups in total. The number of phenols is 2. The van der Waals surface area contributed by atoms with Gasteiger partial charge in [0.15, 0.2) is 5.76 Å². The summed E-state index contributed by atoms with van der Waals surface area (Å²) in [6.45, 7) is 0. The Labute approximate surface area is 189 Å². The van der Waals surface area contributed by atoms with Crippen molar-refractivity contribution in [2.45, 2.75) is 6.36 Å². The number of rotatable bonds is 3. The van der Waals surface area contributed by atoms with Crippen LogP contribution in [0.25, 0.3) is 28.2 Å². The van der Waals surface area contributed by atoms with E-state index in [2.05, 4.69) is 9.72 Å². The molecule has 0 atom stereocenters. The lowest BCUT2D eigenvalue weighted by Gasteiger charge is -2.10. The van der Waals surface area contributed by atoms with E-state index < -0.39 is 17.9 Å². The van der Waals surface area contributed by atoms with E-state index in [1.54, 1.807) is 30.1 Å². The van der Waals surface area contributed by atoms with E-state index in [0.29, 0.717) is 27.7 Å². The summed E-state index contributed by atoms with van der Waals surface area (Å²) in [5, 5.41) is 20.4. The van der Waals surface area contributed by atoms with Crippen LogP contribution in [0, 0.1) is 0 Å². The second-order valence-corrected chi connectivity index (χ2v) is 7.60. The van der Waals surface area contributed by atoms with E-state index in [1.165, 1.54) is 36.4 Å². The number of phenolic OH excluding ortho intramolecular Hbond substituents is 2. The molecule has 0 saturated carbocycles. The van der Waals surface area contributed by atoms with Crippen molar-refractivity contribution in [2.24, 2.45) is 7.05 Å². The summed E-state index contributed by atoms with van der Waals surface area (Å²) in [5.41, 5.74) is 2.36. The summed E-state index contributed by atoms with van der Waals surface area (Å²) < 4.78 is 48.7. The van der Waals surface area contributed by atoms with Crippen LogP contribution in [0.4, 0.5) is 13.2 Å². The Morgan fingerprint density at radius 1 is 1.12 bits per heavy atom. The Morgan fingerprint density at radius 3 is 2.56 bits per heavy atom. The molecule has 0 radical (unpaired) electrons. The zero-order valence-electron chi connectivity index (χ0n) is 17.4. The van der Waals surface area contributed by atoms with E-state index in [9.17, 15) is 28.2 Å². The van der Waals surface area contributed by atoms with Crippen LogP contribution >= 0.6 is 0 Å². The SMILES string of the molecule is Cn1cc(/C=C2\Oc3cc(O)cc(O)c3C2=O)c2c(-c3ccc(OC(F)(F)F)cc3)ccnc21. The summed E-state index contributed by atoms with van der Waals surface area (Å²) in [4.78, 5) is 17.2. The molecule has 0 unspecified atom stereocenters. The summed E-state index contributed by atoms with van der Waals surface area (Å²) >= 11 is 0. The molecule has 0 saturated heterocycles. The molecular formula is C24H15F3N2O5. The minimum absolute atomic E-state index is 0.0348. The van der Waals surface area contributed by atoms with Gasteiger partial charge in [0.2, 0.25) is 5.78 Å².